The average molecular weight is 299 g/mol. The van der Waals surface area contributed by atoms with Crippen LogP contribution >= 0.6 is 7.37 Å². The predicted octanol–water partition coefficient (Wildman–Crippen LogP) is 1.24. The molecule has 0 amide bonds. The van der Waals surface area contributed by atoms with Crippen molar-refractivity contribution < 1.29 is 23.8 Å². The van der Waals surface area contributed by atoms with Crippen LogP contribution in [0.4, 0.5) is 5.69 Å². The summed E-state index contributed by atoms with van der Waals surface area (Å²) in [5.41, 5.74) is 0.320. The molecule has 0 heterocycles. The molecule has 0 aromatic heterocycles. The van der Waals surface area contributed by atoms with E-state index < -0.39 is 18.3 Å². The van der Waals surface area contributed by atoms with Crippen LogP contribution in [0.5, 0.6) is 0 Å². The second-order valence-corrected chi connectivity index (χ2v) is 6.79. The number of hydrogen-bond acceptors (Lipinski definition) is 5. The Bertz CT molecular complexity index is 549. The summed E-state index contributed by atoms with van der Waals surface area (Å²) in [4.78, 5) is 30.8. The fraction of sp³-hybridized carbons (Fsp3) is 0.364. The average Bonchev–Trinajstić information content (AvgIpc) is 2.37. The number of nitrogens with zero attached hydrogens (tertiary/aromatic N) is 1. The number of nitro benzene ring substituents is 1. The monoisotopic (exact) mass is 299 g/mol. The van der Waals surface area contributed by atoms with Gasteiger partial charge in [0, 0.05) is 30.9 Å². The number of benzene rings is 1. The summed E-state index contributed by atoms with van der Waals surface area (Å²) in [6.07, 6.45) is 0.159. The van der Waals surface area contributed by atoms with Crippen molar-refractivity contribution in [3.05, 3.63) is 39.9 Å². The van der Waals surface area contributed by atoms with Crippen LogP contribution in [0.1, 0.15) is 18.4 Å². The van der Waals surface area contributed by atoms with Gasteiger partial charge in [-0.1, -0.05) is 12.1 Å². The summed E-state index contributed by atoms with van der Waals surface area (Å²) in [6, 6.07) is 5.64. The first-order valence-electron chi connectivity index (χ1n) is 5.95. The summed E-state index contributed by atoms with van der Waals surface area (Å²) in [7, 11) is -2.21. The molecule has 7 nitrogen and oxygen atoms in total. The minimum Gasteiger partial charge on any atom is -0.543 e. The number of hydrogen-bond donors (Lipinski definition) is 1. The van der Waals surface area contributed by atoms with Crippen LogP contribution in [0, 0.1) is 10.1 Å². The van der Waals surface area contributed by atoms with Gasteiger partial charge in [-0.05, 0) is 12.0 Å². The third-order valence-electron chi connectivity index (χ3n) is 2.67. The summed E-state index contributed by atoms with van der Waals surface area (Å²) in [5.74, 6) is -0.430. The third-order valence-corrected chi connectivity index (χ3v) is 4.54. The highest BCUT2D eigenvalue weighted by atomic mass is 31.2. The second-order valence-electron chi connectivity index (χ2n) is 4.33. The standard InChI is InChI=1S/C11H15BNO6P/c12-19-11(14)5-2-6-20(17,18)8-9-3-1-4-10(7-9)13(15)16/h1,3-4,7H,2,5-6,8,12H2,(H,17,18). The lowest BCUT2D eigenvalue weighted by atomic mass is 10.2. The molecule has 0 aliphatic carbocycles. The molecule has 1 rings (SSSR count). The van der Waals surface area contributed by atoms with Gasteiger partial charge in [-0.15, -0.1) is 0 Å². The molecule has 0 bridgehead atoms. The van der Waals surface area contributed by atoms with Crippen molar-refractivity contribution in [3.63, 3.8) is 0 Å². The van der Waals surface area contributed by atoms with Gasteiger partial charge in [-0.3, -0.25) is 19.5 Å². The number of rotatable bonds is 7. The topological polar surface area (TPSA) is 107 Å². The predicted molar refractivity (Wildman–Crippen MR) is 75.4 cm³/mol. The highest BCUT2D eigenvalue weighted by Gasteiger charge is 2.20. The van der Waals surface area contributed by atoms with E-state index in [1.165, 1.54) is 26.2 Å². The summed E-state index contributed by atoms with van der Waals surface area (Å²) in [5, 5.41) is 10.6. The normalized spacial score (nSPS) is 13.4. The van der Waals surface area contributed by atoms with E-state index >= 15 is 0 Å². The number of carbonyl (C=O) groups excluding carboxylic acids is 1. The molecule has 9 heteroatoms. The van der Waals surface area contributed by atoms with E-state index in [1.54, 1.807) is 6.07 Å². The van der Waals surface area contributed by atoms with Crippen LogP contribution in [0.2, 0.25) is 0 Å². The summed E-state index contributed by atoms with van der Waals surface area (Å²) in [6.45, 7) is 0. The van der Waals surface area contributed by atoms with E-state index in [1.807, 2.05) is 0 Å². The lowest BCUT2D eigenvalue weighted by molar-refractivity contribution is -0.384. The Kier molecular flexibility index (Phi) is 5.92. The smallest absolute Gasteiger partial charge is 0.325 e. The Morgan fingerprint density at radius 1 is 1.50 bits per heavy atom. The Morgan fingerprint density at radius 2 is 2.20 bits per heavy atom. The van der Waals surface area contributed by atoms with Crippen molar-refractivity contribution in [2.24, 2.45) is 0 Å². The first-order valence-corrected chi connectivity index (χ1v) is 7.98. The molecular weight excluding hydrogens is 284 g/mol. The second kappa shape index (κ2) is 7.21. The van der Waals surface area contributed by atoms with E-state index in [0.717, 1.165) is 0 Å². The number of non-ortho nitro benzene ring substituents is 1. The first-order chi connectivity index (χ1) is 9.34. The molecule has 1 aromatic carbocycles. The van der Waals surface area contributed by atoms with Gasteiger partial charge in [0.15, 0.2) is 0 Å². The fourth-order valence-electron chi connectivity index (χ4n) is 1.71. The van der Waals surface area contributed by atoms with Crippen LogP contribution in [0.3, 0.4) is 0 Å². The molecule has 1 unspecified atom stereocenters. The summed E-state index contributed by atoms with van der Waals surface area (Å²) < 4.78 is 16.4. The molecule has 108 valence electrons. The maximum absolute atomic E-state index is 12.0. The Balaban J connectivity index is 2.61. The maximum atomic E-state index is 12.0. The van der Waals surface area contributed by atoms with E-state index in [9.17, 15) is 24.4 Å². The van der Waals surface area contributed by atoms with E-state index in [2.05, 4.69) is 4.65 Å². The Labute approximate surface area is 117 Å². The van der Waals surface area contributed by atoms with Crippen molar-refractivity contribution in [1.82, 2.24) is 0 Å². The third kappa shape index (κ3) is 5.55. The molecule has 0 fully saturated rings. The minimum absolute atomic E-state index is 0.0230. The van der Waals surface area contributed by atoms with Crippen LogP contribution in [0.25, 0.3) is 0 Å². The fourth-order valence-corrected chi connectivity index (χ4v) is 3.28. The molecule has 0 spiro atoms. The first kappa shape index (κ1) is 16.4. The van der Waals surface area contributed by atoms with E-state index in [0.29, 0.717) is 5.56 Å². The van der Waals surface area contributed by atoms with Gasteiger partial charge >= 0.3 is 8.05 Å². The molecule has 20 heavy (non-hydrogen) atoms. The van der Waals surface area contributed by atoms with Gasteiger partial charge in [0.2, 0.25) is 7.37 Å². The van der Waals surface area contributed by atoms with Gasteiger partial charge in [0.05, 0.1) is 4.92 Å². The molecule has 0 saturated heterocycles. The minimum atomic E-state index is -3.46. The molecule has 1 aromatic rings. The van der Waals surface area contributed by atoms with Gasteiger partial charge in [-0.25, -0.2) is 0 Å². The van der Waals surface area contributed by atoms with E-state index in [4.69, 9.17) is 0 Å². The van der Waals surface area contributed by atoms with Gasteiger partial charge in [-0.2, -0.15) is 0 Å². The van der Waals surface area contributed by atoms with Crippen molar-refractivity contribution in [1.29, 1.82) is 0 Å². The highest BCUT2D eigenvalue weighted by Crippen LogP contribution is 2.45. The maximum Gasteiger partial charge on any atom is 0.325 e. The lowest BCUT2D eigenvalue weighted by Crippen LogP contribution is -2.03. The SMILES string of the molecule is BOC(=O)CCCP(=O)(O)Cc1cccc([N+](=O)[O-])c1. The Hall–Kier alpha value is -1.66. The van der Waals surface area contributed by atoms with Crippen LogP contribution in [0.15, 0.2) is 24.3 Å². The Morgan fingerprint density at radius 3 is 2.80 bits per heavy atom. The van der Waals surface area contributed by atoms with Crippen molar-refractivity contribution >= 4 is 27.1 Å². The van der Waals surface area contributed by atoms with Crippen LogP contribution in [-0.4, -0.2) is 30.0 Å². The lowest BCUT2D eigenvalue weighted by Gasteiger charge is -2.11. The number of carbonyl (C=O) groups is 1. The summed E-state index contributed by atoms with van der Waals surface area (Å²) >= 11 is 0. The number of nitro groups is 1. The molecule has 1 N–H and O–H groups in total. The van der Waals surface area contributed by atoms with Crippen molar-refractivity contribution in [2.75, 3.05) is 6.16 Å². The molecular formula is C11H15BNO6P. The van der Waals surface area contributed by atoms with E-state index in [-0.39, 0.29) is 30.9 Å². The molecule has 0 aliphatic rings. The van der Waals surface area contributed by atoms with Crippen LogP contribution in [-0.2, 0) is 20.2 Å². The molecule has 1 atom stereocenters. The van der Waals surface area contributed by atoms with Crippen LogP contribution < -0.4 is 0 Å². The zero-order chi connectivity index (χ0) is 15.2. The van der Waals surface area contributed by atoms with Crippen molar-refractivity contribution in [3.8, 4) is 0 Å². The highest BCUT2D eigenvalue weighted by molar-refractivity contribution is 7.57. The van der Waals surface area contributed by atoms with Gasteiger partial charge in [0.25, 0.3) is 11.7 Å². The largest absolute Gasteiger partial charge is 0.543 e. The van der Waals surface area contributed by atoms with Gasteiger partial charge < -0.3 is 9.55 Å². The zero-order valence-electron chi connectivity index (χ0n) is 11.0. The molecule has 0 saturated carbocycles. The molecule has 0 aliphatic heterocycles. The molecule has 0 radical (unpaired) electrons. The van der Waals surface area contributed by atoms with Gasteiger partial charge in [0.1, 0.15) is 0 Å². The zero-order valence-corrected chi connectivity index (χ0v) is 11.9. The van der Waals surface area contributed by atoms with Crippen molar-refractivity contribution in [2.45, 2.75) is 19.0 Å². The quantitative estimate of drug-likeness (QED) is 0.351.